The summed E-state index contributed by atoms with van der Waals surface area (Å²) in [6.45, 7) is 3.30. The van der Waals surface area contributed by atoms with Crippen molar-refractivity contribution in [1.29, 1.82) is 0 Å². The summed E-state index contributed by atoms with van der Waals surface area (Å²) in [7, 11) is 0. The van der Waals surface area contributed by atoms with Crippen LogP contribution < -0.4 is 0 Å². The molecule has 19 heavy (non-hydrogen) atoms. The molecule has 0 aromatic carbocycles. The number of hydrogen-bond acceptors (Lipinski definition) is 4. The minimum atomic E-state index is -1.01. The maximum atomic E-state index is 11.8. The van der Waals surface area contributed by atoms with Crippen molar-refractivity contribution in [2.24, 2.45) is 11.3 Å². The standard InChI is InChI=1S/C13H16Cl2O4/c1-2-10(16)19-8-7-13(12(15)18)6-4-3-5-9(13)11(14)17/h2,9H,1,3-8H2. The van der Waals surface area contributed by atoms with E-state index in [-0.39, 0.29) is 13.0 Å². The topological polar surface area (TPSA) is 60.4 Å². The number of carbonyl (C=O) groups excluding carboxylic acids is 3. The summed E-state index contributed by atoms with van der Waals surface area (Å²) in [5, 5.41) is -1.13. The number of hydrogen-bond donors (Lipinski definition) is 0. The summed E-state index contributed by atoms with van der Waals surface area (Å²) in [5.41, 5.74) is -1.01. The third kappa shape index (κ3) is 3.80. The van der Waals surface area contributed by atoms with Gasteiger partial charge in [0.1, 0.15) is 0 Å². The van der Waals surface area contributed by atoms with Crippen molar-refractivity contribution in [2.75, 3.05) is 6.61 Å². The zero-order valence-electron chi connectivity index (χ0n) is 10.5. The van der Waals surface area contributed by atoms with Gasteiger partial charge in [-0.3, -0.25) is 9.59 Å². The highest BCUT2D eigenvalue weighted by atomic mass is 35.5. The van der Waals surface area contributed by atoms with Crippen molar-refractivity contribution in [3.63, 3.8) is 0 Å². The zero-order chi connectivity index (χ0) is 14.5. The van der Waals surface area contributed by atoms with E-state index in [1.807, 2.05) is 0 Å². The molecule has 0 saturated heterocycles. The molecule has 0 amide bonds. The third-order valence-corrected chi connectivity index (χ3v) is 4.30. The van der Waals surface area contributed by atoms with E-state index in [0.717, 1.165) is 18.9 Å². The van der Waals surface area contributed by atoms with E-state index < -0.39 is 27.8 Å². The Bertz CT molecular complexity index is 394. The van der Waals surface area contributed by atoms with Gasteiger partial charge in [-0.25, -0.2) is 4.79 Å². The number of esters is 1. The Morgan fingerprint density at radius 2 is 2.00 bits per heavy atom. The Balaban J connectivity index is 2.82. The van der Waals surface area contributed by atoms with E-state index in [9.17, 15) is 14.4 Å². The molecular weight excluding hydrogens is 291 g/mol. The molecule has 2 atom stereocenters. The average molecular weight is 307 g/mol. The van der Waals surface area contributed by atoms with Crippen molar-refractivity contribution < 1.29 is 19.1 Å². The summed E-state index contributed by atoms with van der Waals surface area (Å²) in [4.78, 5) is 34.3. The highest BCUT2D eigenvalue weighted by Crippen LogP contribution is 2.46. The minimum Gasteiger partial charge on any atom is -0.463 e. The Morgan fingerprint density at radius 1 is 1.32 bits per heavy atom. The fourth-order valence-corrected chi connectivity index (χ4v) is 3.23. The molecule has 0 spiro atoms. The van der Waals surface area contributed by atoms with Crippen LogP contribution in [0.3, 0.4) is 0 Å². The lowest BCUT2D eigenvalue weighted by atomic mass is 9.65. The Morgan fingerprint density at radius 3 is 2.53 bits per heavy atom. The number of ether oxygens (including phenoxy) is 1. The summed E-state index contributed by atoms with van der Waals surface area (Å²) in [6.07, 6.45) is 3.91. The average Bonchev–Trinajstić information content (AvgIpc) is 2.38. The van der Waals surface area contributed by atoms with Crippen LogP contribution >= 0.6 is 23.2 Å². The van der Waals surface area contributed by atoms with Crippen LogP contribution in [-0.2, 0) is 19.1 Å². The van der Waals surface area contributed by atoms with E-state index in [4.69, 9.17) is 27.9 Å². The van der Waals surface area contributed by atoms with Gasteiger partial charge in [0.15, 0.2) is 0 Å². The molecule has 0 aromatic rings. The fourth-order valence-electron chi connectivity index (χ4n) is 2.60. The molecule has 0 N–H and O–H groups in total. The van der Waals surface area contributed by atoms with Crippen LogP contribution in [-0.4, -0.2) is 23.1 Å². The molecule has 1 aliphatic rings. The smallest absolute Gasteiger partial charge is 0.330 e. The molecule has 0 aromatic heterocycles. The summed E-state index contributed by atoms with van der Waals surface area (Å²) in [6, 6.07) is 0. The lowest BCUT2D eigenvalue weighted by molar-refractivity contribution is -0.142. The predicted octanol–water partition coefficient (Wildman–Crippen LogP) is 2.81. The first-order valence-electron chi connectivity index (χ1n) is 6.12. The Kier molecular flexibility index (Phi) is 6.01. The van der Waals surface area contributed by atoms with Gasteiger partial charge in [0.2, 0.25) is 10.5 Å². The van der Waals surface area contributed by atoms with Crippen LogP contribution in [0.4, 0.5) is 0 Å². The molecule has 1 aliphatic carbocycles. The van der Waals surface area contributed by atoms with Crippen LogP contribution in [0.2, 0.25) is 0 Å². The first-order valence-corrected chi connectivity index (χ1v) is 6.88. The summed E-state index contributed by atoms with van der Waals surface area (Å²) < 4.78 is 4.87. The van der Waals surface area contributed by atoms with Crippen molar-refractivity contribution in [1.82, 2.24) is 0 Å². The number of halogens is 2. The van der Waals surface area contributed by atoms with E-state index in [2.05, 4.69) is 6.58 Å². The van der Waals surface area contributed by atoms with Crippen LogP contribution in [0.25, 0.3) is 0 Å². The van der Waals surface area contributed by atoms with Gasteiger partial charge in [-0.15, -0.1) is 0 Å². The van der Waals surface area contributed by atoms with E-state index in [0.29, 0.717) is 12.8 Å². The Hall–Kier alpha value is -0.870. The highest BCUT2D eigenvalue weighted by Gasteiger charge is 2.48. The third-order valence-electron chi connectivity index (χ3n) is 3.66. The van der Waals surface area contributed by atoms with Gasteiger partial charge < -0.3 is 4.74 Å². The van der Waals surface area contributed by atoms with E-state index >= 15 is 0 Å². The van der Waals surface area contributed by atoms with Gasteiger partial charge in [-0.1, -0.05) is 19.4 Å². The first-order chi connectivity index (χ1) is 8.94. The summed E-state index contributed by atoms with van der Waals surface area (Å²) in [5.74, 6) is -1.17. The van der Waals surface area contributed by atoms with Gasteiger partial charge in [0.05, 0.1) is 12.0 Å². The van der Waals surface area contributed by atoms with Crippen LogP contribution in [0, 0.1) is 11.3 Å². The molecule has 0 heterocycles. The molecule has 106 valence electrons. The monoisotopic (exact) mass is 306 g/mol. The SMILES string of the molecule is C=CC(=O)OCCC1(C(=O)Cl)CCCCC1C(=O)Cl. The van der Waals surface area contributed by atoms with Crippen LogP contribution in [0.5, 0.6) is 0 Å². The maximum absolute atomic E-state index is 11.8. The van der Waals surface area contributed by atoms with Crippen molar-refractivity contribution in [3.8, 4) is 0 Å². The van der Waals surface area contributed by atoms with E-state index in [1.165, 1.54) is 0 Å². The van der Waals surface area contributed by atoms with Gasteiger partial charge in [-0.2, -0.15) is 0 Å². The van der Waals surface area contributed by atoms with Gasteiger partial charge in [0, 0.05) is 12.0 Å². The second-order valence-corrected chi connectivity index (χ2v) is 5.37. The fraction of sp³-hybridized carbons (Fsp3) is 0.615. The second-order valence-electron chi connectivity index (χ2n) is 4.65. The molecule has 1 saturated carbocycles. The predicted molar refractivity (Wildman–Crippen MR) is 71.9 cm³/mol. The molecule has 1 fully saturated rings. The van der Waals surface area contributed by atoms with Crippen molar-refractivity contribution >= 4 is 39.7 Å². The molecule has 0 radical (unpaired) electrons. The molecule has 4 nitrogen and oxygen atoms in total. The first kappa shape index (κ1) is 16.2. The Labute approximate surface area is 122 Å². The molecule has 0 aliphatic heterocycles. The van der Waals surface area contributed by atoms with Crippen molar-refractivity contribution in [2.45, 2.75) is 32.1 Å². The maximum Gasteiger partial charge on any atom is 0.330 e. The zero-order valence-corrected chi connectivity index (χ0v) is 12.0. The molecular formula is C13H16Cl2O4. The lowest BCUT2D eigenvalue weighted by Gasteiger charge is -2.39. The van der Waals surface area contributed by atoms with Crippen LogP contribution in [0.1, 0.15) is 32.1 Å². The highest BCUT2D eigenvalue weighted by molar-refractivity contribution is 6.67. The van der Waals surface area contributed by atoms with Gasteiger partial charge in [-0.05, 0) is 42.5 Å². The second kappa shape index (κ2) is 7.06. The largest absolute Gasteiger partial charge is 0.463 e. The van der Waals surface area contributed by atoms with E-state index in [1.54, 1.807) is 0 Å². The lowest BCUT2D eigenvalue weighted by Crippen LogP contribution is -2.42. The van der Waals surface area contributed by atoms with Gasteiger partial charge >= 0.3 is 5.97 Å². The van der Waals surface area contributed by atoms with Crippen LogP contribution in [0.15, 0.2) is 12.7 Å². The van der Waals surface area contributed by atoms with Gasteiger partial charge in [0.25, 0.3) is 0 Å². The van der Waals surface area contributed by atoms with Crippen molar-refractivity contribution in [3.05, 3.63) is 12.7 Å². The molecule has 6 heteroatoms. The molecule has 1 rings (SSSR count). The summed E-state index contributed by atoms with van der Waals surface area (Å²) >= 11 is 11.3. The number of rotatable bonds is 6. The normalized spacial score (nSPS) is 26.5. The number of carbonyl (C=O) groups is 3. The minimum absolute atomic E-state index is 0.0178. The molecule has 2 unspecified atom stereocenters. The quantitative estimate of drug-likeness (QED) is 0.430. The molecule has 0 bridgehead atoms.